The van der Waals surface area contributed by atoms with Gasteiger partial charge in [-0.25, -0.2) is 23.3 Å². The summed E-state index contributed by atoms with van der Waals surface area (Å²) in [6.07, 6.45) is 4.26. The molecule has 0 fully saturated rings. The third-order valence-corrected chi connectivity index (χ3v) is 13.3. The zero-order chi connectivity index (χ0) is 62.7. The first kappa shape index (κ1) is 61.1. The van der Waals surface area contributed by atoms with E-state index in [4.69, 9.17) is 34.6 Å². The lowest BCUT2D eigenvalue weighted by atomic mass is 9.89. The number of nitrogens with zero attached hydrogens (tertiary/aromatic N) is 14. The topological polar surface area (TPSA) is 366 Å². The maximum Gasteiger partial charge on any atom is 0.317 e. The van der Waals surface area contributed by atoms with Crippen LogP contribution < -0.4 is 22.7 Å². The fourth-order valence-corrected chi connectivity index (χ4v) is 8.60. The Hall–Kier alpha value is -11.5. The van der Waals surface area contributed by atoms with E-state index in [1.54, 1.807) is 123 Å². The zero-order valence-corrected chi connectivity index (χ0v) is 47.9. The molecule has 0 unspecified atom stereocenters. The van der Waals surface area contributed by atoms with Crippen molar-refractivity contribution in [2.75, 3.05) is 13.2 Å². The molecule has 452 valence electrons. The predicted octanol–water partition coefficient (Wildman–Crippen LogP) is 6.73. The summed E-state index contributed by atoms with van der Waals surface area (Å²) < 4.78 is 71.8. The van der Waals surface area contributed by atoms with E-state index >= 15 is 0 Å². The second-order valence-corrected chi connectivity index (χ2v) is 20.0. The molecule has 0 aliphatic rings. The number of hydrogen-bond acceptors (Lipinski definition) is 21. The quantitative estimate of drug-likeness (QED) is 0.0227. The van der Waals surface area contributed by atoms with E-state index < -0.39 is 33.9 Å². The first-order valence-electron chi connectivity index (χ1n) is 26.8. The Balaban J connectivity index is 0.000000161. The SMILES string of the molecule is CCOC(=O)C(C)(C)c1nc(-c2cc(-c3ccon3)n(Cc3ccccc3F)n2)n[nH]c1=O.CCOC(=O)C(C)(C)c1nnc(-c2cc(-c3ccon3)n(Cc3ccccc3F)n2)[nH]c1=O.N/N=C(\N)c1cc(-c2ccon2)n(Cc2ccccc2F)n1. The predicted molar refractivity (Wildman–Crippen MR) is 307 cm³/mol. The smallest absolute Gasteiger partial charge is 0.317 e. The van der Waals surface area contributed by atoms with Crippen molar-refractivity contribution in [1.29, 1.82) is 0 Å². The van der Waals surface area contributed by atoms with Crippen LogP contribution in [0.1, 0.15) is 75.3 Å². The zero-order valence-electron chi connectivity index (χ0n) is 47.9. The van der Waals surface area contributed by atoms with E-state index in [1.807, 2.05) is 0 Å². The van der Waals surface area contributed by atoms with Crippen molar-refractivity contribution >= 4 is 17.8 Å². The number of nitrogens with one attached hydrogen (secondary N) is 2. The second-order valence-electron chi connectivity index (χ2n) is 20.0. The number of H-pyrrole nitrogens is 2. The number of halogens is 3. The molecule has 0 atom stereocenters. The van der Waals surface area contributed by atoms with Gasteiger partial charge in [-0.3, -0.25) is 33.2 Å². The molecule has 0 spiro atoms. The fourth-order valence-electron chi connectivity index (χ4n) is 8.60. The molecule has 11 aromatic rings. The lowest BCUT2D eigenvalue weighted by molar-refractivity contribution is -0.149. The number of carbonyl (C=O) groups is 2. The average Bonchev–Trinajstić information content (AvgIpc) is 3.23. The molecule has 6 N–H and O–H groups in total. The maximum absolute atomic E-state index is 14.3. The Morgan fingerprint density at radius 2 is 1.01 bits per heavy atom. The van der Waals surface area contributed by atoms with E-state index in [0.29, 0.717) is 62.2 Å². The number of amidine groups is 1. The Labute approximate surface area is 496 Å². The number of nitrogens with two attached hydrogens (primary N) is 2. The van der Waals surface area contributed by atoms with Crippen LogP contribution in [-0.2, 0) is 49.5 Å². The summed E-state index contributed by atoms with van der Waals surface area (Å²) in [6, 6.07) is 29.1. The van der Waals surface area contributed by atoms with Crippen LogP contribution in [0, 0.1) is 17.5 Å². The summed E-state index contributed by atoms with van der Waals surface area (Å²) in [6.45, 7) is 10.3. The highest BCUT2D eigenvalue weighted by Gasteiger charge is 2.38. The number of hydrogen-bond donors (Lipinski definition) is 4. The van der Waals surface area contributed by atoms with Crippen molar-refractivity contribution in [3.05, 3.63) is 200 Å². The molecule has 8 aromatic heterocycles. The van der Waals surface area contributed by atoms with Gasteiger partial charge < -0.3 is 39.6 Å². The standard InChI is InChI=1S/2C22H21FN6O4.C14H13FN6O/c1-4-32-21(31)22(2,3)18-20(30)24-19(26-25-18)16-11-17(15-9-10-33-28-15)29(27-16)12-13-7-5-6-8-14(13)23;1-4-32-21(31)22(2,3)18-20(30)26-25-19(24-18)16-11-17(15-9-10-33-28-15)29(27-16)12-13-7-5-6-8-14(13)23;15-10-4-2-1-3-9(10)8-21-13(11-5-6-22-20-11)7-12(19-21)14(16)18-17/h5-11H,4,12H2,1-3H3,(H,24,26,30);5-11H,4,12H2,1-3H3,(H,26,30);1-7H,8,17H2,(H2,16,18). The average molecular weight is 1210 g/mol. The van der Waals surface area contributed by atoms with Crippen LogP contribution in [0.3, 0.4) is 0 Å². The molecule has 11 rings (SSSR count). The Bertz CT molecular complexity index is 4360. The van der Waals surface area contributed by atoms with Gasteiger partial charge >= 0.3 is 11.9 Å². The first-order chi connectivity index (χ1) is 42.3. The van der Waals surface area contributed by atoms with Crippen LogP contribution in [0.4, 0.5) is 13.2 Å². The third-order valence-electron chi connectivity index (χ3n) is 13.3. The minimum absolute atomic E-state index is 0.0578. The largest absolute Gasteiger partial charge is 0.465 e. The molecule has 0 bridgehead atoms. The molecule has 0 amide bonds. The Kier molecular flexibility index (Phi) is 18.5. The third kappa shape index (κ3) is 13.5. The van der Waals surface area contributed by atoms with Gasteiger partial charge in [0.05, 0.1) is 49.9 Å². The van der Waals surface area contributed by atoms with Gasteiger partial charge in [0.1, 0.15) is 92.6 Å². The van der Waals surface area contributed by atoms with Crippen LogP contribution in [0.5, 0.6) is 0 Å². The summed E-state index contributed by atoms with van der Waals surface area (Å²) in [7, 11) is 0. The summed E-state index contributed by atoms with van der Waals surface area (Å²) in [4.78, 5) is 56.8. The molecule has 8 heterocycles. The molecule has 0 saturated carbocycles. The van der Waals surface area contributed by atoms with E-state index in [9.17, 15) is 32.3 Å². The lowest BCUT2D eigenvalue weighted by Crippen LogP contribution is -2.38. The van der Waals surface area contributed by atoms with Crippen molar-refractivity contribution < 1.29 is 45.8 Å². The molecule has 0 radical (unpaired) electrons. The van der Waals surface area contributed by atoms with Crippen molar-refractivity contribution in [3.8, 4) is 57.2 Å². The molecule has 0 aliphatic carbocycles. The Morgan fingerprint density at radius 3 is 1.44 bits per heavy atom. The van der Waals surface area contributed by atoms with E-state index in [-0.39, 0.29) is 84.9 Å². The van der Waals surface area contributed by atoms with Crippen molar-refractivity contribution in [2.24, 2.45) is 16.7 Å². The highest BCUT2D eigenvalue weighted by Crippen LogP contribution is 2.29. The second kappa shape index (κ2) is 26.6. The van der Waals surface area contributed by atoms with Gasteiger partial charge in [-0.2, -0.15) is 25.5 Å². The highest BCUT2D eigenvalue weighted by atomic mass is 19.1. The monoisotopic (exact) mass is 1200 g/mol. The van der Waals surface area contributed by atoms with Crippen LogP contribution in [0.25, 0.3) is 57.2 Å². The maximum atomic E-state index is 14.3. The van der Waals surface area contributed by atoms with Crippen molar-refractivity contribution in [1.82, 2.24) is 75.2 Å². The van der Waals surface area contributed by atoms with Gasteiger partial charge in [0, 0.05) is 34.9 Å². The molecule has 88 heavy (non-hydrogen) atoms. The van der Waals surface area contributed by atoms with Gasteiger partial charge in [0.15, 0.2) is 17.5 Å². The summed E-state index contributed by atoms with van der Waals surface area (Å²) in [5.74, 6) is 3.19. The highest BCUT2D eigenvalue weighted by molar-refractivity contribution is 5.96. The van der Waals surface area contributed by atoms with Crippen LogP contribution >= 0.6 is 0 Å². The number of hydrazone groups is 1. The minimum atomic E-state index is -1.31. The summed E-state index contributed by atoms with van der Waals surface area (Å²) >= 11 is 0. The molecule has 3 aromatic carbocycles. The minimum Gasteiger partial charge on any atom is -0.465 e. The van der Waals surface area contributed by atoms with Gasteiger partial charge in [-0.15, -0.1) is 10.2 Å². The number of carbonyl (C=O) groups excluding carboxylic acids is 2. The molecular formula is C58H55F3N18O9. The first-order valence-corrected chi connectivity index (χ1v) is 26.8. The number of esters is 2. The lowest BCUT2D eigenvalue weighted by Gasteiger charge is -2.20. The molecule has 0 aliphatic heterocycles. The Morgan fingerprint density at radius 1 is 0.580 bits per heavy atom. The van der Waals surface area contributed by atoms with Crippen molar-refractivity contribution in [3.63, 3.8) is 0 Å². The number of rotatable bonds is 18. The van der Waals surface area contributed by atoms with Gasteiger partial charge in [0.2, 0.25) is 0 Å². The fraction of sp³-hybridized carbons (Fsp3) is 0.224. The van der Waals surface area contributed by atoms with Crippen LogP contribution in [0.15, 0.2) is 156 Å². The number of aromatic nitrogens is 15. The molecular weight excluding hydrogens is 1150 g/mol. The summed E-state index contributed by atoms with van der Waals surface area (Å²) in [5, 5.41) is 42.9. The van der Waals surface area contributed by atoms with Gasteiger partial charge in [-0.05, 0) is 77.9 Å². The molecule has 0 saturated heterocycles. The number of ether oxygens (including phenoxy) is 2. The van der Waals surface area contributed by atoms with E-state index in [2.05, 4.69) is 66.2 Å². The van der Waals surface area contributed by atoms with Crippen LogP contribution in [0.2, 0.25) is 0 Å². The molecule has 27 nitrogen and oxygen atoms in total. The van der Waals surface area contributed by atoms with Crippen molar-refractivity contribution in [2.45, 2.75) is 72.0 Å². The summed E-state index contributed by atoms with van der Waals surface area (Å²) in [5.41, 5.74) is 7.23. The number of benzene rings is 3. The van der Waals surface area contributed by atoms with E-state index in [1.165, 1.54) is 60.2 Å². The van der Waals surface area contributed by atoms with Gasteiger partial charge in [0.25, 0.3) is 11.1 Å². The molecule has 30 heteroatoms. The number of aromatic amines is 2. The van der Waals surface area contributed by atoms with Crippen LogP contribution in [-0.4, -0.2) is 106 Å². The normalized spacial score (nSPS) is 11.6. The van der Waals surface area contributed by atoms with Gasteiger partial charge in [-0.1, -0.05) is 70.1 Å². The van der Waals surface area contributed by atoms with E-state index in [0.717, 1.165) is 0 Å².